The first-order valence-electron chi connectivity index (χ1n) is 11.7. The number of carbonyl (C=O) groups excluding carboxylic acids is 1. The van der Waals surface area contributed by atoms with Crippen LogP contribution in [0.5, 0.6) is 5.75 Å². The van der Waals surface area contributed by atoms with Crippen molar-refractivity contribution >= 4 is 23.5 Å². The van der Waals surface area contributed by atoms with Gasteiger partial charge in [0, 0.05) is 29.0 Å². The molecule has 0 radical (unpaired) electrons. The van der Waals surface area contributed by atoms with Crippen LogP contribution in [0.2, 0.25) is 0 Å². The minimum absolute atomic E-state index is 0.0997. The summed E-state index contributed by atoms with van der Waals surface area (Å²) < 4.78 is 7.83. The third-order valence-corrected chi connectivity index (χ3v) is 7.33. The number of anilines is 1. The Labute approximate surface area is 204 Å². The van der Waals surface area contributed by atoms with Crippen molar-refractivity contribution in [2.45, 2.75) is 57.5 Å². The van der Waals surface area contributed by atoms with E-state index in [-0.39, 0.29) is 17.2 Å². The summed E-state index contributed by atoms with van der Waals surface area (Å²) >= 11 is 1.61. The van der Waals surface area contributed by atoms with Gasteiger partial charge in [0.05, 0.1) is 6.61 Å². The molecule has 3 aromatic rings. The standard InChI is InChI=1S/C27H30N4O2S/c1-5-33-22-13-9-8-12-19(22)24-23-20(14-27(3,4)15-21(23)32)28-25-29-26(30-31(24)25)34-16-18-11-7-6-10-17(18)2/h6-13,24H,5,14-16H2,1-4H3,(H,28,29,30)/t24-/m0/s1. The largest absolute Gasteiger partial charge is 0.494 e. The molecule has 0 amide bonds. The molecule has 7 heteroatoms. The summed E-state index contributed by atoms with van der Waals surface area (Å²) in [7, 11) is 0. The Morgan fingerprint density at radius 3 is 2.71 bits per heavy atom. The average molecular weight is 475 g/mol. The molecule has 2 heterocycles. The highest BCUT2D eigenvalue weighted by Gasteiger charge is 2.42. The fraction of sp³-hybridized carbons (Fsp3) is 0.370. The number of aromatic nitrogens is 3. The summed E-state index contributed by atoms with van der Waals surface area (Å²) in [5.41, 5.74) is 5.09. The summed E-state index contributed by atoms with van der Waals surface area (Å²) in [5.74, 6) is 2.39. The summed E-state index contributed by atoms with van der Waals surface area (Å²) in [6.45, 7) is 8.93. The van der Waals surface area contributed by atoms with E-state index < -0.39 is 0 Å². The molecule has 1 atom stereocenters. The number of benzene rings is 2. The number of ether oxygens (including phenoxy) is 1. The van der Waals surface area contributed by atoms with Gasteiger partial charge in [-0.2, -0.15) is 4.98 Å². The van der Waals surface area contributed by atoms with Crippen molar-refractivity contribution in [2.75, 3.05) is 11.9 Å². The van der Waals surface area contributed by atoms with E-state index in [0.717, 1.165) is 34.8 Å². The van der Waals surface area contributed by atoms with E-state index in [9.17, 15) is 4.79 Å². The fourth-order valence-electron chi connectivity index (χ4n) is 4.85. The molecule has 1 aliphatic carbocycles. The lowest BCUT2D eigenvalue weighted by molar-refractivity contribution is -0.118. The number of Topliss-reactive ketones (excluding diaryl/α,β-unsaturated/α-hetero) is 1. The van der Waals surface area contributed by atoms with E-state index in [2.05, 4.69) is 50.4 Å². The zero-order valence-corrected chi connectivity index (χ0v) is 20.9. The molecule has 0 unspecified atom stereocenters. The van der Waals surface area contributed by atoms with Crippen LogP contribution in [0.1, 0.15) is 56.3 Å². The summed E-state index contributed by atoms with van der Waals surface area (Å²) in [4.78, 5) is 18.3. The summed E-state index contributed by atoms with van der Waals surface area (Å²) in [5, 5.41) is 9.03. The Balaban J connectivity index is 1.57. The number of hydrogen-bond donors (Lipinski definition) is 1. The normalized spacial score (nSPS) is 18.8. The molecule has 0 saturated heterocycles. The van der Waals surface area contributed by atoms with E-state index in [0.29, 0.717) is 24.1 Å². The van der Waals surface area contributed by atoms with Crippen LogP contribution in [0.4, 0.5) is 5.95 Å². The van der Waals surface area contributed by atoms with Crippen LogP contribution in [0.25, 0.3) is 0 Å². The van der Waals surface area contributed by atoms with Gasteiger partial charge in [-0.15, -0.1) is 5.10 Å². The molecule has 1 aliphatic heterocycles. The number of carbonyl (C=O) groups is 1. The van der Waals surface area contributed by atoms with Crippen molar-refractivity contribution in [3.8, 4) is 5.75 Å². The maximum atomic E-state index is 13.5. The zero-order valence-electron chi connectivity index (χ0n) is 20.1. The highest BCUT2D eigenvalue weighted by Crippen LogP contribution is 2.47. The first-order chi connectivity index (χ1) is 16.4. The number of thioether (sulfide) groups is 1. The molecule has 1 aromatic heterocycles. The average Bonchev–Trinajstić information content (AvgIpc) is 3.19. The topological polar surface area (TPSA) is 69.0 Å². The van der Waals surface area contributed by atoms with Gasteiger partial charge in [-0.3, -0.25) is 4.79 Å². The predicted octanol–water partition coefficient (Wildman–Crippen LogP) is 5.94. The molecule has 0 bridgehead atoms. The number of hydrogen-bond acceptors (Lipinski definition) is 6. The number of fused-ring (bicyclic) bond motifs is 1. The van der Waals surface area contributed by atoms with Gasteiger partial charge in [-0.05, 0) is 42.9 Å². The SMILES string of the molecule is CCOc1ccccc1[C@H]1C2=C(CC(C)(C)CC2=O)Nc2nc(SCc3ccccc3C)nn21. The molecule has 6 nitrogen and oxygen atoms in total. The van der Waals surface area contributed by atoms with Crippen LogP contribution in [-0.4, -0.2) is 27.2 Å². The number of aryl methyl sites for hydroxylation is 1. The molecule has 0 spiro atoms. The number of allylic oxidation sites excluding steroid dienone is 2. The smallest absolute Gasteiger partial charge is 0.227 e. The van der Waals surface area contributed by atoms with Crippen molar-refractivity contribution in [1.29, 1.82) is 0 Å². The highest BCUT2D eigenvalue weighted by molar-refractivity contribution is 7.98. The molecule has 176 valence electrons. The van der Waals surface area contributed by atoms with E-state index in [4.69, 9.17) is 14.8 Å². The Bertz CT molecular complexity index is 1280. The first kappa shape index (κ1) is 22.7. The molecule has 0 fully saturated rings. The number of nitrogens with one attached hydrogen (secondary N) is 1. The van der Waals surface area contributed by atoms with Crippen LogP contribution < -0.4 is 10.1 Å². The van der Waals surface area contributed by atoms with Gasteiger partial charge in [-0.25, -0.2) is 4.68 Å². The lowest BCUT2D eigenvalue weighted by Crippen LogP contribution is -2.36. The molecule has 0 saturated carbocycles. The van der Waals surface area contributed by atoms with Gasteiger partial charge < -0.3 is 10.1 Å². The lowest BCUT2D eigenvalue weighted by Gasteiger charge is -2.38. The van der Waals surface area contributed by atoms with Crippen molar-refractivity contribution in [3.63, 3.8) is 0 Å². The third kappa shape index (κ3) is 4.25. The Morgan fingerprint density at radius 2 is 1.91 bits per heavy atom. The van der Waals surface area contributed by atoms with Gasteiger partial charge >= 0.3 is 0 Å². The van der Waals surface area contributed by atoms with Gasteiger partial charge in [0.1, 0.15) is 11.8 Å². The van der Waals surface area contributed by atoms with E-state index in [1.54, 1.807) is 11.8 Å². The van der Waals surface area contributed by atoms with Gasteiger partial charge in [0.25, 0.3) is 0 Å². The highest BCUT2D eigenvalue weighted by atomic mass is 32.2. The zero-order chi connectivity index (χ0) is 23.9. The number of ketones is 1. The Hall–Kier alpha value is -3.06. The van der Waals surface area contributed by atoms with Crippen LogP contribution >= 0.6 is 11.8 Å². The monoisotopic (exact) mass is 474 g/mol. The first-order valence-corrected chi connectivity index (χ1v) is 12.7. The molecule has 2 aliphatic rings. The molecular weight excluding hydrogens is 444 g/mol. The van der Waals surface area contributed by atoms with E-state index >= 15 is 0 Å². The maximum Gasteiger partial charge on any atom is 0.227 e. The molecule has 34 heavy (non-hydrogen) atoms. The van der Waals surface area contributed by atoms with Crippen molar-refractivity contribution in [2.24, 2.45) is 5.41 Å². The van der Waals surface area contributed by atoms with Crippen molar-refractivity contribution in [3.05, 3.63) is 76.5 Å². The van der Waals surface area contributed by atoms with E-state index in [1.807, 2.05) is 35.9 Å². The summed E-state index contributed by atoms with van der Waals surface area (Å²) in [6, 6.07) is 15.9. The number of para-hydroxylation sites is 1. The fourth-order valence-corrected chi connectivity index (χ4v) is 5.75. The Kier molecular flexibility index (Phi) is 5.98. The molecule has 1 N–H and O–H groups in total. The summed E-state index contributed by atoms with van der Waals surface area (Å²) in [6.07, 6.45) is 1.31. The second-order valence-electron chi connectivity index (χ2n) is 9.71. The van der Waals surface area contributed by atoms with Crippen LogP contribution in [-0.2, 0) is 10.5 Å². The van der Waals surface area contributed by atoms with Crippen LogP contribution in [0.3, 0.4) is 0 Å². The molecular formula is C27H30N4O2S. The minimum atomic E-state index is -0.363. The number of rotatable bonds is 6. The van der Waals surface area contributed by atoms with E-state index in [1.165, 1.54) is 11.1 Å². The van der Waals surface area contributed by atoms with Crippen LogP contribution in [0.15, 0.2) is 65.0 Å². The maximum absolute atomic E-state index is 13.5. The third-order valence-electron chi connectivity index (χ3n) is 6.44. The second-order valence-corrected chi connectivity index (χ2v) is 10.7. The Morgan fingerprint density at radius 1 is 1.15 bits per heavy atom. The van der Waals surface area contributed by atoms with Gasteiger partial charge in [0.2, 0.25) is 11.1 Å². The predicted molar refractivity (Wildman–Crippen MR) is 135 cm³/mol. The second kappa shape index (κ2) is 8.95. The number of nitrogens with zero attached hydrogens (tertiary/aromatic N) is 3. The van der Waals surface area contributed by atoms with Gasteiger partial charge in [-0.1, -0.05) is 68.1 Å². The lowest BCUT2D eigenvalue weighted by atomic mass is 9.73. The molecule has 5 rings (SSSR count). The molecule has 2 aromatic carbocycles. The van der Waals surface area contributed by atoms with Crippen molar-refractivity contribution < 1.29 is 9.53 Å². The van der Waals surface area contributed by atoms with Gasteiger partial charge in [0.15, 0.2) is 5.78 Å². The van der Waals surface area contributed by atoms with Crippen molar-refractivity contribution in [1.82, 2.24) is 14.8 Å². The van der Waals surface area contributed by atoms with Crippen LogP contribution in [0, 0.1) is 12.3 Å². The minimum Gasteiger partial charge on any atom is -0.494 e. The quantitative estimate of drug-likeness (QED) is 0.446.